The summed E-state index contributed by atoms with van der Waals surface area (Å²) in [5.74, 6) is 1.47. The summed E-state index contributed by atoms with van der Waals surface area (Å²) < 4.78 is 10.5. The van der Waals surface area contributed by atoms with Crippen molar-refractivity contribution in [2.45, 2.75) is 12.8 Å². The van der Waals surface area contributed by atoms with Crippen molar-refractivity contribution in [2.75, 3.05) is 7.11 Å². The van der Waals surface area contributed by atoms with E-state index in [-0.39, 0.29) is 5.63 Å². The maximum absolute atomic E-state index is 11.3. The molecule has 0 saturated carbocycles. The Morgan fingerprint density at radius 1 is 1.12 bits per heavy atom. The zero-order valence-corrected chi connectivity index (χ0v) is 9.53. The van der Waals surface area contributed by atoms with Crippen molar-refractivity contribution in [2.24, 2.45) is 0 Å². The van der Waals surface area contributed by atoms with Crippen LogP contribution in [0.15, 0.2) is 39.5 Å². The molecule has 86 valence electrons. The first-order valence-electron chi connectivity index (χ1n) is 5.58. The van der Waals surface area contributed by atoms with E-state index in [0.717, 1.165) is 29.7 Å². The third-order valence-corrected chi connectivity index (χ3v) is 3.14. The molecule has 0 saturated heterocycles. The van der Waals surface area contributed by atoms with Crippen molar-refractivity contribution in [1.82, 2.24) is 0 Å². The second kappa shape index (κ2) is 3.77. The molecule has 0 spiro atoms. The second-order valence-electron chi connectivity index (χ2n) is 4.13. The molecule has 0 atom stereocenters. The molecule has 3 rings (SSSR count). The first-order chi connectivity index (χ1) is 8.28. The molecule has 1 heterocycles. The van der Waals surface area contributed by atoms with Crippen molar-refractivity contribution in [3.8, 4) is 17.1 Å². The molecule has 1 aliphatic carbocycles. The van der Waals surface area contributed by atoms with E-state index in [0.29, 0.717) is 5.76 Å². The highest BCUT2D eigenvalue weighted by Crippen LogP contribution is 2.34. The summed E-state index contributed by atoms with van der Waals surface area (Å²) in [4.78, 5) is 11.3. The lowest BCUT2D eigenvalue weighted by molar-refractivity contribution is 0.414. The van der Waals surface area contributed by atoms with Crippen LogP contribution in [0.25, 0.3) is 11.3 Å². The molecule has 0 bridgehead atoms. The molecule has 1 aliphatic rings. The molecule has 3 heteroatoms. The lowest BCUT2D eigenvalue weighted by atomic mass is 9.90. The maximum Gasteiger partial charge on any atom is 0.336 e. The minimum atomic E-state index is -0.306. The molecule has 0 unspecified atom stereocenters. The van der Waals surface area contributed by atoms with Gasteiger partial charge in [0.15, 0.2) is 0 Å². The Labute approximate surface area is 98.7 Å². The van der Waals surface area contributed by atoms with E-state index in [2.05, 4.69) is 0 Å². The zero-order valence-electron chi connectivity index (χ0n) is 9.53. The summed E-state index contributed by atoms with van der Waals surface area (Å²) in [6, 6.07) is 9.22. The monoisotopic (exact) mass is 228 g/mol. The minimum Gasteiger partial charge on any atom is -0.497 e. The normalized spacial score (nSPS) is 12.8. The quantitative estimate of drug-likeness (QED) is 0.752. The van der Waals surface area contributed by atoms with Crippen LogP contribution >= 0.6 is 0 Å². The highest BCUT2D eigenvalue weighted by Gasteiger charge is 2.19. The summed E-state index contributed by atoms with van der Waals surface area (Å²) in [5, 5.41) is 0. The highest BCUT2D eigenvalue weighted by atomic mass is 16.5. The Morgan fingerprint density at radius 3 is 2.71 bits per heavy atom. The molecule has 0 radical (unpaired) electrons. The van der Waals surface area contributed by atoms with E-state index >= 15 is 0 Å². The van der Waals surface area contributed by atoms with Gasteiger partial charge in [0.25, 0.3) is 0 Å². The number of benzene rings is 1. The van der Waals surface area contributed by atoms with E-state index in [1.165, 1.54) is 11.6 Å². The van der Waals surface area contributed by atoms with Gasteiger partial charge in [-0.1, -0.05) is 6.07 Å². The minimum absolute atomic E-state index is 0.306. The molecule has 0 amide bonds. The van der Waals surface area contributed by atoms with Gasteiger partial charge in [-0.25, -0.2) is 4.79 Å². The Balaban J connectivity index is 2.26. The zero-order chi connectivity index (χ0) is 11.8. The molecule has 1 aromatic carbocycles. The van der Waals surface area contributed by atoms with Crippen LogP contribution in [0.3, 0.4) is 0 Å². The third-order valence-electron chi connectivity index (χ3n) is 3.14. The van der Waals surface area contributed by atoms with Crippen LogP contribution in [0.2, 0.25) is 0 Å². The lowest BCUT2D eigenvalue weighted by Gasteiger charge is -2.18. The van der Waals surface area contributed by atoms with Crippen LogP contribution in [0.5, 0.6) is 5.75 Å². The second-order valence-corrected chi connectivity index (χ2v) is 4.13. The van der Waals surface area contributed by atoms with Gasteiger partial charge in [0.2, 0.25) is 0 Å². The predicted molar refractivity (Wildman–Crippen MR) is 64.4 cm³/mol. The molecule has 2 aromatic rings. The average Bonchev–Trinajstić information content (AvgIpc) is 2.38. The van der Waals surface area contributed by atoms with Gasteiger partial charge in [-0.05, 0) is 42.2 Å². The van der Waals surface area contributed by atoms with Crippen molar-refractivity contribution >= 4 is 0 Å². The van der Waals surface area contributed by atoms with Gasteiger partial charge in [0.05, 0.1) is 7.11 Å². The highest BCUT2D eigenvalue weighted by molar-refractivity contribution is 5.69. The van der Waals surface area contributed by atoms with Crippen LogP contribution in [0.1, 0.15) is 11.1 Å². The molecular weight excluding hydrogens is 216 g/mol. The van der Waals surface area contributed by atoms with Gasteiger partial charge in [-0.3, -0.25) is 0 Å². The smallest absolute Gasteiger partial charge is 0.336 e. The predicted octanol–water partition coefficient (Wildman–Crippen LogP) is 2.41. The largest absolute Gasteiger partial charge is 0.497 e. The topological polar surface area (TPSA) is 39.4 Å². The van der Waals surface area contributed by atoms with Crippen LogP contribution in [0, 0.1) is 0 Å². The van der Waals surface area contributed by atoms with E-state index in [4.69, 9.17) is 9.15 Å². The summed E-state index contributed by atoms with van der Waals surface area (Å²) >= 11 is 0. The fourth-order valence-electron chi connectivity index (χ4n) is 2.25. The van der Waals surface area contributed by atoms with Gasteiger partial charge in [0.1, 0.15) is 11.5 Å². The van der Waals surface area contributed by atoms with Crippen molar-refractivity contribution in [1.29, 1.82) is 0 Å². The fourth-order valence-corrected chi connectivity index (χ4v) is 2.25. The third kappa shape index (κ3) is 1.64. The number of methoxy groups -OCH3 is 1. The first-order valence-corrected chi connectivity index (χ1v) is 5.58. The number of ether oxygens (including phenoxy) is 1. The lowest BCUT2D eigenvalue weighted by Crippen LogP contribution is -2.08. The SMILES string of the molecule is COc1ccc2c(c1)-c1oc(=O)ccc1CC2. The van der Waals surface area contributed by atoms with E-state index < -0.39 is 0 Å². The maximum atomic E-state index is 11.3. The van der Waals surface area contributed by atoms with Gasteiger partial charge >= 0.3 is 5.63 Å². The molecule has 0 N–H and O–H groups in total. The number of fused-ring (bicyclic) bond motifs is 3. The Bertz CT molecular complexity index is 626. The van der Waals surface area contributed by atoms with Crippen LogP contribution in [0.4, 0.5) is 0 Å². The summed E-state index contributed by atoms with van der Waals surface area (Å²) in [6.45, 7) is 0. The van der Waals surface area contributed by atoms with Gasteiger partial charge in [-0.15, -0.1) is 0 Å². The summed E-state index contributed by atoms with van der Waals surface area (Å²) in [6.07, 6.45) is 1.89. The van der Waals surface area contributed by atoms with Crippen molar-refractivity contribution in [3.63, 3.8) is 0 Å². The molecular formula is C14H12O3. The van der Waals surface area contributed by atoms with E-state index in [1.54, 1.807) is 7.11 Å². The summed E-state index contributed by atoms with van der Waals surface area (Å²) in [5.41, 5.74) is 2.96. The molecule has 1 aromatic heterocycles. The number of hydrogen-bond acceptors (Lipinski definition) is 3. The Hall–Kier alpha value is -2.03. The van der Waals surface area contributed by atoms with Gasteiger partial charge in [-0.2, -0.15) is 0 Å². The molecule has 0 aliphatic heterocycles. The number of hydrogen-bond donors (Lipinski definition) is 0. The fraction of sp³-hybridized carbons (Fsp3) is 0.214. The molecule has 0 fully saturated rings. The molecule has 3 nitrogen and oxygen atoms in total. The van der Waals surface area contributed by atoms with Crippen LogP contribution in [-0.2, 0) is 12.8 Å². The Kier molecular flexibility index (Phi) is 2.25. The average molecular weight is 228 g/mol. The first kappa shape index (κ1) is 10.1. The molecule has 17 heavy (non-hydrogen) atoms. The van der Waals surface area contributed by atoms with Gasteiger partial charge in [0, 0.05) is 11.6 Å². The van der Waals surface area contributed by atoms with Gasteiger partial charge < -0.3 is 9.15 Å². The van der Waals surface area contributed by atoms with E-state index in [9.17, 15) is 4.79 Å². The number of aryl methyl sites for hydroxylation is 2. The number of rotatable bonds is 1. The standard InChI is InChI=1S/C14H12O3/c1-16-11-6-4-9-2-3-10-5-7-13(15)17-14(10)12(9)8-11/h4-8H,2-3H2,1H3. The van der Waals surface area contributed by atoms with Crippen LogP contribution < -0.4 is 10.4 Å². The van der Waals surface area contributed by atoms with E-state index in [1.807, 2.05) is 24.3 Å². The van der Waals surface area contributed by atoms with Crippen LogP contribution in [-0.4, -0.2) is 7.11 Å². The van der Waals surface area contributed by atoms with Crippen molar-refractivity contribution < 1.29 is 9.15 Å². The van der Waals surface area contributed by atoms with Crippen molar-refractivity contribution in [3.05, 3.63) is 51.9 Å². The summed E-state index contributed by atoms with van der Waals surface area (Å²) in [7, 11) is 1.63. The Morgan fingerprint density at radius 2 is 1.88 bits per heavy atom.